The van der Waals surface area contributed by atoms with Crippen molar-refractivity contribution >= 4 is 22.8 Å². The van der Waals surface area contributed by atoms with Crippen LogP contribution in [-0.4, -0.2) is 45.5 Å². The number of aromatic amines is 1. The Kier molecular flexibility index (Phi) is 7.32. The maximum absolute atomic E-state index is 13.6. The van der Waals surface area contributed by atoms with Crippen LogP contribution in [0.15, 0.2) is 24.5 Å². The molecule has 2 amide bonds. The van der Waals surface area contributed by atoms with Gasteiger partial charge in [-0.25, -0.2) is 18.7 Å². The standard InChI is InChI=1S/C28H33F2N5O3/c1-4-22(36)35-20-11-18(9-14(20)2)34-28(37)23-15(3)33-26-24(31-13-32-25(23)26)19-10-17(27(29)30)7-8-21(19)38-12-16-5-6-16/h7-8,10,13-14,16,18,20,27,33H,4-6,9,11-12H2,1-3H3,(H,34,37)(H,35,36). The Hall–Kier alpha value is -3.56. The molecule has 2 fully saturated rings. The Bertz CT molecular complexity index is 1350. The molecule has 3 atom stereocenters. The van der Waals surface area contributed by atoms with Crippen molar-refractivity contribution in [2.75, 3.05) is 6.61 Å². The summed E-state index contributed by atoms with van der Waals surface area (Å²) >= 11 is 0. The number of rotatable bonds is 9. The number of aryl methyl sites for hydroxylation is 1. The number of hydrogen-bond acceptors (Lipinski definition) is 5. The number of carbonyl (C=O) groups excluding carboxylic acids is 2. The summed E-state index contributed by atoms with van der Waals surface area (Å²) in [6, 6.07) is 4.25. The fraction of sp³-hybridized carbons (Fsp3) is 0.500. The average Bonchev–Trinajstić information content (AvgIpc) is 3.57. The molecule has 3 unspecified atom stereocenters. The van der Waals surface area contributed by atoms with Crippen LogP contribution in [0.25, 0.3) is 22.3 Å². The third kappa shape index (κ3) is 5.35. The van der Waals surface area contributed by atoms with E-state index in [2.05, 4.69) is 32.5 Å². The van der Waals surface area contributed by atoms with E-state index < -0.39 is 6.43 Å². The second-order valence-electron chi connectivity index (χ2n) is 10.5. The molecule has 2 aromatic heterocycles. The molecule has 2 heterocycles. The lowest BCUT2D eigenvalue weighted by atomic mass is 10.0. The van der Waals surface area contributed by atoms with Crippen molar-refractivity contribution in [2.45, 2.75) is 71.4 Å². The van der Waals surface area contributed by atoms with Gasteiger partial charge in [-0.05, 0) is 62.6 Å². The van der Waals surface area contributed by atoms with Gasteiger partial charge < -0.3 is 20.4 Å². The van der Waals surface area contributed by atoms with Gasteiger partial charge in [-0.1, -0.05) is 13.8 Å². The van der Waals surface area contributed by atoms with E-state index in [0.29, 0.717) is 64.7 Å². The fourth-order valence-corrected chi connectivity index (χ4v) is 5.22. The quantitative estimate of drug-likeness (QED) is 0.361. The zero-order chi connectivity index (χ0) is 27.0. The molecule has 0 bridgehead atoms. The number of amides is 2. The lowest BCUT2D eigenvalue weighted by Gasteiger charge is -2.16. The topological polar surface area (TPSA) is 109 Å². The molecule has 0 spiro atoms. The minimum absolute atomic E-state index is 0.00178. The third-order valence-corrected chi connectivity index (χ3v) is 7.57. The minimum atomic E-state index is -2.64. The van der Waals surface area contributed by atoms with Crippen molar-refractivity contribution in [3.05, 3.63) is 41.3 Å². The Labute approximate surface area is 220 Å². The molecule has 2 saturated carbocycles. The number of alkyl halides is 2. The van der Waals surface area contributed by atoms with E-state index in [9.17, 15) is 18.4 Å². The first-order chi connectivity index (χ1) is 18.2. The van der Waals surface area contributed by atoms with Crippen LogP contribution >= 0.6 is 0 Å². The summed E-state index contributed by atoms with van der Waals surface area (Å²) in [7, 11) is 0. The first-order valence-corrected chi connectivity index (χ1v) is 13.2. The van der Waals surface area contributed by atoms with Crippen LogP contribution in [0.3, 0.4) is 0 Å². The van der Waals surface area contributed by atoms with Crippen LogP contribution in [0.4, 0.5) is 8.78 Å². The van der Waals surface area contributed by atoms with Crippen LogP contribution in [0.2, 0.25) is 0 Å². The van der Waals surface area contributed by atoms with E-state index in [1.165, 1.54) is 18.5 Å². The fourth-order valence-electron chi connectivity index (χ4n) is 5.22. The maximum atomic E-state index is 13.6. The number of fused-ring (bicyclic) bond motifs is 1. The number of benzene rings is 1. The Morgan fingerprint density at radius 2 is 1.97 bits per heavy atom. The summed E-state index contributed by atoms with van der Waals surface area (Å²) in [6.07, 6.45) is 2.73. The highest BCUT2D eigenvalue weighted by molar-refractivity contribution is 6.09. The number of nitrogens with one attached hydrogen (secondary N) is 3. The molecule has 8 nitrogen and oxygen atoms in total. The number of hydrogen-bond donors (Lipinski definition) is 3. The molecule has 0 radical (unpaired) electrons. The summed E-state index contributed by atoms with van der Waals surface area (Å²) in [5, 5.41) is 6.15. The van der Waals surface area contributed by atoms with Gasteiger partial charge in [0.05, 0.1) is 17.7 Å². The van der Waals surface area contributed by atoms with Crippen molar-refractivity contribution < 1.29 is 23.1 Å². The third-order valence-electron chi connectivity index (χ3n) is 7.57. The summed E-state index contributed by atoms with van der Waals surface area (Å²) in [5.74, 6) is 0.926. The molecule has 2 aliphatic rings. The molecule has 38 heavy (non-hydrogen) atoms. The second-order valence-corrected chi connectivity index (χ2v) is 10.5. The van der Waals surface area contributed by atoms with Gasteiger partial charge in [-0.15, -0.1) is 0 Å². The minimum Gasteiger partial charge on any atom is -0.493 e. The van der Waals surface area contributed by atoms with Crippen LogP contribution in [-0.2, 0) is 4.79 Å². The first kappa shape index (κ1) is 26.1. The van der Waals surface area contributed by atoms with Gasteiger partial charge in [0.15, 0.2) is 0 Å². The number of aromatic nitrogens is 3. The number of carbonyl (C=O) groups is 2. The molecule has 3 aromatic rings. The highest BCUT2D eigenvalue weighted by Gasteiger charge is 2.34. The number of halogens is 2. The van der Waals surface area contributed by atoms with E-state index in [1.54, 1.807) is 13.0 Å². The molecule has 1 aromatic carbocycles. The predicted octanol–water partition coefficient (Wildman–Crippen LogP) is 5.08. The van der Waals surface area contributed by atoms with E-state index in [4.69, 9.17) is 4.74 Å². The van der Waals surface area contributed by atoms with Gasteiger partial charge in [0, 0.05) is 35.3 Å². The van der Waals surface area contributed by atoms with Gasteiger partial charge in [0.2, 0.25) is 5.91 Å². The second kappa shape index (κ2) is 10.7. The summed E-state index contributed by atoms with van der Waals surface area (Å²) in [4.78, 5) is 37.3. The number of H-pyrrole nitrogens is 1. The molecule has 2 aliphatic carbocycles. The normalized spacial score (nSPS) is 21.2. The molecule has 10 heteroatoms. The summed E-state index contributed by atoms with van der Waals surface area (Å²) in [6.45, 7) is 6.18. The molecule has 5 rings (SSSR count). The smallest absolute Gasteiger partial charge is 0.263 e. The van der Waals surface area contributed by atoms with Crippen molar-refractivity contribution in [3.63, 3.8) is 0 Å². The Morgan fingerprint density at radius 1 is 1.18 bits per heavy atom. The van der Waals surface area contributed by atoms with Crippen molar-refractivity contribution in [3.8, 4) is 17.0 Å². The van der Waals surface area contributed by atoms with Crippen LogP contribution < -0.4 is 15.4 Å². The highest BCUT2D eigenvalue weighted by Crippen LogP contribution is 2.38. The first-order valence-electron chi connectivity index (χ1n) is 13.2. The van der Waals surface area contributed by atoms with Crippen LogP contribution in [0.5, 0.6) is 5.75 Å². The van der Waals surface area contributed by atoms with Gasteiger partial charge in [-0.3, -0.25) is 9.59 Å². The van der Waals surface area contributed by atoms with Gasteiger partial charge in [0.25, 0.3) is 12.3 Å². The Balaban J connectivity index is 1.44. The molecule has 202 valence electrons. The monoisotopic (exact) mass is 525 g/mol. The zero-order valence-corrected chi connectivity index (χ0v) is 21.8. The zero-order valence-electron chi connectivity index (χ0n) is 21.8. The molecular weight excluding hydrogens is 492 g/mol. The largest absolute Gasteiger partial charge is 0.493 e. The van der Waals surface area contributed by atoms with Crippen LogP contribution in [0.1, 0.15) is 74.0 Å². The van der Waals surface area contributed by atoms with E-state index in [0.717, 1.165) is 19.3 Å². The van der Waals surface area contributed by atoms with E-state index >= 15 is 0 Å². The predicted molar refractivity (Wildman–Crippen MR) is 139 cm³/mol. The number of nitrogens with zero attached hydrogens (tertiary/aromatic N) is 2. The summed E-state index contributed by atoms with van der Waals surface area (Å²) in [5.41, 5.74) is 2.61. The van der Waals surface area contributed by atoms with E-state index in [-0.39, 0.29) is 35.4 Å². The van der Waals surface area contributed by atoms with Crippen LogP contribution in [0, 0.1) is 18.8 Å². The molecular formula is C28H33F2N5O3. The maximum Gasteiger partial charge on any atom is 0.263 e. The highest BCUT2D eigenvalue weighted by atomic mass is 19.3. The lowest BCUT2D eigenvalue weighted by Crippen LogP contribution is -2.38. The number of ether oxygens (including phenoxy) is 1. The van der Waals surface area contributed by atoms with Crippen molar-refractivity contribution in [2.24, 2.45) is 11.8 Å². The van der Waals surface area contributed by atoms with Gasteiger partial charge >= 0.3 is 0 Å². The van der Waals surface area contributed by atoms with Crippen molar-refractivity contribution in [1.82, 2.24) is 25.6 Å². The van der Waals surface area contributed by atoms with Gasteiger partial charge in [0.1, 0.15) is 23.3 Å². The molecule has 0 aliphatic heterocycles. The molecule has 0 saturated heterocycles. The van der Waals surface area contributed by atoms with E-state index in [1.807, 2.05) is 6.92 Å². The van der Waals surface area contributed by atoms with Crippen molar-refractivity contribution in [1.29, 1.82) is 0 Å². The average molecular weight is 526 g/mol. The summed E-state index contributed by atoms with van der Waals surface area (Å²) < 4.78 is 33.2. The van der Waals surface area contributed by atoms with Gasteiger partial charge in [-0.2, -0.15) is 0 Å². The lowest BCUT2D eigenvalue weighted by molar-refractivity contribution is -0.121. The SMILES string of the molecule is CCC(=O)NC1CC(NC(=O)c2c(C)[nH]c3c(-c4cc(C(F)F)ccc4OCC4CC4)ncnc23)CC1C. The molecule has 3 N–H and O–H groups in total. The Morgan fingerprint density at radius 3 is 2.68 bits per heavy atom.